The summed E-state index contributed by atoms with van der Waals surface area (Å²) in [5.74, 6) is 0.362. The number of hydrogen-bond acceptors (Lipinski definition) is 4. The zero-order chi connectivity index (χ0) is 15.4. The Balaban J connectivity index is 1.68. The van der Waals surface area contributed by atoms with Gasteiger partial charge in [-0.05, 0) is 29.8 Å². The molecule has 2 heterocycles. The average Bonchev–Trinajstić information content (AvgIpc) is 2.54. The van der Waals surface area contributed by atoms with Crippen molar-refractivity contribution in [1.82, 2.24) is 10.3 Å². The van der Waals surface area contributed by atoms with Gasteiger partial charge in [0.25, 0.3) is 0 Å². The molecule has 3 rings (SSSR count). The number of nitrogens with one attached hydrogen (secondary N) is 2. The third-order valence-corrected chi connectivity index (χ3v) is 3.53. The molecule has 0 spiro atoms. The molecule has 1 aliphatic rings. The van der Waals surface area contributed by atoms with Gasteiger partial charge in [-0.15, -0.1) is 0 Å². The number of piperazine rings is 1. The summed E-state index contributed by atoms with van der Waals surface area (Å²) < 4.78 is 14.3. The summed E-state index contributed by atoms with van der Waals surface area (Å²) in [6, 6.07) is 10.7. The van der Waals surface area contributed by atoms with Crippen molar-refractivity contribution in [2.24, 2.45) is 0 Å². The van der Waals surface area contributed by atoms with Crippen LogP contribution < -0.4 is 15.5 Å². The van der Waals surface area contributed by atoms with Crippen molar-refractivity contribution in [3.63, 3.8) is 0 Å². The summed E-state index contributed by atoms with van der Waals surface area (Å²) in [7, 11) is 0. The fourth-order valence-corrected chi connectivity index (χ4v) is 2.42. The summed E-state index contributed by atoms with van der Waals surface area (Å²) in [5, 5.41) is 5.87. The van der Waals surface area contributed by atoms with Crippen molar-refractivity contribution in [3.8, 4) is 0 Å². The summed E-state index contributed by atoms with van der Waals surface area (Å²) in [4.78, 5) is 17.3. The van der Waals surface area contributed by atoms with Gasteiger partial charge in [-0.2, -0.15) is 0 Å². The second kappa shape index (κ2) is 6.43. The Morgan fingerprint density at radius 3 is 2.95 bits per heavy atom. The molecule has 6 heteroatoms. The minimum Gasteiger partial charge on any atom is -0.366 e. The third kappa shape index (κ3) is 3.33. The number of pyridine rings is 1. The first-order valence-electron chi connectivity index (χ1n) is 7.17. The maximum Gasteiger partial charge on any atom is 0.239 e. The van der Waals surface area contributed by atoms with E-state index < -0.39 is 0 Å². The number of carbonyl (C=O) groups excluding carboxylic acids is 1. The second-order valence-electron chi connectivity index (χ2n) is 5.13. The molecule has 22 heavy (non-hydrogen) atoms. The molecule has 114 valence electrons. The Bertz CT molecular complexity index is 662. The van der Waals surface area contributed by atoms with Gasteiger partial charge in [0.2, 0.25) is 5.91 Å². The first-order chi connectivity index (χ1) is 10.7. The van der Waals surface area contributed by atoms with Crippen molar-refractivity contribution in [2.75, 3.05) is 29.9 Å². The van der Waals surface area contributed by atoms with Crippen LogP contribution >= 0.6 is 0 Å². The van der Waals surface area contributed by atoms with E-state index in [0.29, 0.717) is 25.3 Å². The Morgan fingerprint density at radius 2 is 2.23 bits per heavy atom. The summed E-state index contributed by atoms with van der Waals surface area (Å²) >= 11 is 0. The minimum atomic E-state index is -0.310. The van der Waals surface area contributed by atoms with E-state index in [-0.39, 0.29) is 18.3 Å². The molecule has 0 saturated carbocycles. The largest absolute Gasteiger partial charge is 0.366 e. The number of nitrogens with zero attached hydrogens (tertiary/aromatic N) is 2. The number of amides is 1. The van der Waals surface area contributed by atoms with Crippen molar-refractivity contribution < 1.29 is 9.18 Å². The highest BCUT2D eigenvalue weighted by molar-refractivity contribution is 5.82. The van der Waals surface area contributed by atoms with E-state index in [4.69, 9.17) is 0 Å². The molecule has 1 aromatic carbocycles. The number of anilines is 2. The van der Waals surface area contributed by atoms with Gasteiger partial charge in [-0.3, -0.25) is 4.79 Å². The smallest absolute Gasteiger partial charge is 0.239 e. The van der Waals surface area contributed by atoms with Gasteiger partial charge >= 0.3 is 0 Å². The van der Waals surface area contributed by atoms with Crippen molar-refractivity contribution in [2.45, 2.75) is 6.54 Å². The maximum absolute atomic E-state index is 14.3. The van der Waals surface area contributed by atoms with Crippen molar-refractivity contribution in [1.29, 1.82) is 0 Å². The molecular formula is C16H17FN4O. The molecule has 2 aromatic rings. The highest BCUT2D eigenvalue weighted by atomic mass is 19.1. The first-order valence-corrected chi connectivity index (χ1v) is 7.17. The second-order valence-corrected chi connectivity index (χ2v) is 5.13. The van der Waals surface area contributed by atoms with Crippen LogP contribution in [0.2, 0.25) is 0 Å². The van der Waals surface area contributed by atoms with Gasteiger partial charge in [0.15, 0.2) is 0 Å². The SMILES string of the molecule is O=C1CN(c2ccc(CNc3ccccn3)cc2F)CCN1. The molecule has 1 aromatic heterocycles. The van der Waals surface area contributed by atoms with Gasteiger partial charge in [0.1, 0.15) is 11.6 Å². The lowest BCUT2D eigenvalue weighted by atomic mass is 10.1. The highest BCUT2D eigenvalue weighted by Crippen LogP contribution is 2.21. The van der Waals surface area contributed by atoms with Gasteiger partial charge in [-0.1, -0.05) is 12.1 Å². The quantitative estimate of drug-likeness (QED) is 0.903. The molecule has 1 fully saturated rings. The summed E-state index contributed by atoms with van der Waals surface area (Å²) in [5.41, 5.74) is 1.30. The summed E-state index contributed by atoms with van der Waals surface area (Å²) in [6.07, 6.45) is 1.70. The van der Waals surface area contributed by atoms with Crippen LogP contribution in [-0.4, -0.2) is 30.5 Å². The fraction of sp³-hybridized carbons (Fsp3) is 0.250. The number of carbonyl (C=O) groups is 1. The molecule has 5 nitrogen and oxygen atoms in total. The van der Waals surface area contributed by atoms with Crippen molar-refractivity contribution >= 4 is 17.4 Å². The van der Waals surface area contributed by atoms with E-state index >= 15 is 0 Å². The molecule has 0 bridgehead atoms. The van der Waals surface area contributed by atoms with Crippen LogP contribution in [0.1, 0.15) is 5.56 Å². The Hall–Kier alpha value is -2.63. The van der Waals surface area contributed by atoms with Crippen LogP contribution in [0.4, 0.5) is 15.9 Å². The van der Waals surface area contributed by atoms with Gasteiger partial charge in [0.05, 0.1) is 12.2 Å². The van der Waals surface area contributed by atoms with Crippen LogP contribution in [0.3, 0.4) is 0 Å². The van der Waals surface area contributed by atoms with Gasteiger partial charge in [0, 0.05) is 25.8 Å². The number of aromatic nitrogens is 1. The molecule has 1 saturated heterocycles. The molecule has 0 radical (unpaired) electrons. The molecule has 1 aliphatic heterocycles. The third-order valence-electron chi connectivity index (χ3n) is 3.53. The number of benzene rings is 1. The van der Waals surface area contributed by atoms with E-state index in [1.807, 2.05) is 24.3 Å². The molecule has 0 aliphatic carbocycles. The molecule has 1 amide bonds. The Labute approximate surface area is 128 Å². The molecule has 2 N–H and O–H groups in total. The van der Waals surface area contributed by atoms with Crippen LogP contribution in [0.25, 0.3) is 0 Å². The molecule has 0 unspecified atom stereocenters. The van der Waals surface area contributed by atoms with Crippen LogP contribution in [0.15, 0.2) is 42.6 Å². The predicted molar refractivity (Wildman–Crippen MR) is 83.2 cm³/mol. The molecule has 0 atom stereocenters. The van der Waals surface area contributed by atoms with E-state index in [0.717, 1.165) is 11.4 Å². The lowest BCUT2D eigenvalue weighted by molar-refractivity contribution is -0.120. The zero-order valence-electron chi connectivity index (χ0n) is 12.1. The normalized spacial score (nSPS) is 14.6. The van der Waals surface area contributed by atoms with Crippen molar-refractivity contribution in [3.05, 3.63) is 54.0 Å². The number of rotatable bonds is 4. The zero-order valence-corrected chi connectivity index (χ0v) is 12.1. The topological polar surface area (TPSA) is 57.3 Å². The van der Waals surface area contributed by atoms with Gasteiger partial charge < -0.3 is 15.5 Å². The first kappa shape index (κ1) is 14.3. The monoisotopic (exact) mass is 300 g/mol. The minimum absolute atomic E-state index is 0.0773. The fourth-order valence-electron chi connectivity index (χ4n) is 2.42. The Morgan fingerprint density at radius 1 is 1.32 bits per heavy atom. The lowest BCUT2D eigenvalue weighted by Gasteiger charge is -2.29. The van der Waals surface area contributed by atoms with E-state index in [9.17, 15) is 9.18 Å². The lowest BCUT2D eigenvalue weighted by Crippen LogP contribution is -2.48. The maximum atomic E-state index is 14.3. The van der Waals surface area contributed by atoms with E-state index in [1.54, 1.807) is 17.2 Å². The van der Waals surface area contributed by atoms with E-state index in [2.05, 4.69) is 15.6 Å². The van der Waals surface area contributed by atoms with Crippen LogP contribution in [0, 0.1) is 5.82 Å². The standard InChI is InChI=1S/C16H17FN4O/c17-13-9-12(10-20-15-3-1-2-6-18-15)4-5-14(13)21-8-7-19-16(22)11-21/h1-6,9H,7-8,10-11H2,(H,18,20)(H,19,22). The van der Waals surface area contributed by atoms with E-state index in [1.165, 1.54) is 6.07 Å². The van der Waals surface area contributed by atoms with Gasteiger partial charge in [-0.25, -0.2) is 9.37 Å². The highest BCUT2D eigenvalue weighted by Gasteiger charge is 2.19. The Kier molecular flexibility index (Phi) is 4.18. The molecular weight excluding hydrogens is 283 g/mol. The predicted octanol–water partition coefficient (Wildman–Crippen LogP) is 1.77. The van der Waals surface area contributed by atoms with Crippen LogP contribution in [-0.2, 0) is 11.3 Å². The number of halogens is 1. The van der Waals surface area contributed by atoms with Crippen LogP contribution in [0.5, 0.6) is 0 Å². The summed E-state index contributed by atoms with van der Waals surface area (Å²) in [6.45, 7) is 1.85. The average molecular weight is 300 g/mol. The number of hydrogen-bond donors (Lipinski definition) is 2.